The van der Waals surface area contributed by atoms with Gasteiger partial charge in [-0.15, -0.1) is 0 Å². The van der Waals surface area contributed by atoms with Gasteiger partial charge in [0, 0.05) is 58.4 Å². The maximum atomic E-state index is 8.73. The fraction of sp³-hybridized carbons (Fsp3) is 0.630. The van der Waals surface area contributed by atoms with Crippen LogP contribution in [-0.2, 0) is 24.9 Å². The monoisotopic (exact) mass is 956 g/mol. The van der Waals surface area contributed by atoms with Crippen molar-refractivity contribution in [2.45, 2.75) is 218 Å². The Morgan fingerprint density at radius 3 is 1.67 bits per heavy atom. The van der Waals surface area contributed by atoms with Crippen LogP contribution in [-0.4, -0.2) is 29.1 Å². The molecule has 1 saturated heterocycles. The van der Waals surface area contributed by atoms with Gasteiger partial charge in [-0.05, 0) is 156 Å². The summed E-state index contributed by atoms with van der Waals surface area (Å²) >= 11 is 16.5. The zero-order chi connectivity index (χ0) is 41.8. The number of hydrogen-bond donors (Lipinski definition) is 2. The molecule has 0 bridgehead atoms. The second-order valence-corrected chi connectivity index (χ2v) is 23.3. The van der Waals surface area contributed by atoms with Crippen LogP contribution in [0.2, 0.25) is 0 Å². The molecular weight excluding hydrogens is 880 g/mol. The molecule has 4 aliphatic carbocycles. The van der Waals surface area contributed by atoms with Gasteiger partial charge in [0.1, 0.15) is 5.82 Å². The van der Waals surface area contributed by atoms with E-state index in [0.717, 1.165) is 52.0 Å². The van der Waals surface area contributed by atoms with Gasteiger partial charge in [0.2, 0.25) is 0 Å². The third-order valence-corrected chi connectivity index (χ3v) is 19.9. The Bertz CT molecular complexity index is 1870. The number of halogens is 2. The van der Waals surface area contributed by atoms with Gasteiger partial charge in [0.15, 0.2) is 0 Å². The first-order chi connectivity index (χ1) is 28.5. The summed E-state index contributed by atoms with van der Waals surface area (Å²) in [6.07, 6.45) is 31.0. The summed E-state index contributed by atoms with van der Waals surface area (Å²) in [6.45, 7) is 18.4. The smallest absolute Gasteiger partial charge is 0.105 e. The van der Waals surface area contributed by atoms with Gasteiger partial charge in [0.25, 0.3) is 0 Å². The fourth-order valence-electron chi connectivity index (χ4n) is 12.7. The van der Waals surface area contributed by atoms with Crippen molar-refractivity contribution in [1.29, 1.82) is 0 Å². The van der Waals surface area contributed by atoms with Gasteiger partial charge in [-0.3, -0.25) is 0 Å². The summed E-state index contributed by atoms with van der Waals surface area (Å²) < 4.78 is 0. The van der Waals surface area contributed by atoms with Crippen molar-refractivity contribution < 1.29 is 19.5 Å². The minimum atomic E-state index is -0.712. The Balaban J connectivity index is 0.00000604. The Morgan fingerprint density at radius 2 is 1.17 bits per heavy atom. The van der Waals surface area contributed by atoms with Gasteiger partial charge in [0.05, 0.1) is 5.41 Å². The fourth-order valence-corrected chi connectivity index (χ4v) is 18.1. The SMILES string of the molecule is CCCCC1NC(=C2C(c3c(C)cc(C)cc3C)=C(Cl)C=CC2(C(Cl)=C2CCCCC2P(C2CCCCC2)C2CCCCC2)c2c(C)cc(C)cc2C)NC1CCCC.[Ru]. The Hall–Kier alpha value is -1.37. The van der Waals surface area contributed by atoms with Crippen molar-refractivity contribution in [3.05, 3.63) is 108 Å². The molecular formula is C54H77Cl2N2PRu. The summed E-state index contributed by atoms with van der Waals surface area (Å²) in [5, 5.41) is 10.4. The molecule has 1 aliphatic heterocycles. The predicted octanol–water partition coefficient (Wildman–Crippen LogP) is 16.1. The van der Waals surface area contributed by atoms with Crippen molar-refractivity contribution in [2.24, 2.45) is 0 Å². The van der Waals surface area contributed by atoms with Crippen LogP contribution >= 0.6 is 31.1 Å². The zero-order valence-corrected chi connectivity index (χ0v) is 42.7. The number of benzene rings is 2. The van der Waals surface area contributed by atoms with E-state index in [1.54, 1.807) is 5.57 Å². The van der Waals surface area contributed by atoms with E-state index in [0.29, 0.717) is 17.7 Å². The van der Waals surface area contributed by atoms with E-state index < -0.39 is 5.41 Å². The maximum Gasteiger partial charge on any atom is 0.105 e. The van der Waals surface area contributed by atoms with E-state index in [-0.39, 0.29) is 27.4 Å². The molecule has 0 radical (unpaired) electrons. The van der Waals surface area contributed by atoms with Crippen LogP contribution in [0.25, 0.3) is 5.57 Å². The summed E-state index contributed by atoms with van der Waals surface area (Å²) in [4.78, 5) is 0. The van der Waals surface area contributed by atoms with E-state index in [4.69, 9.17) is 23.2 Å². The number of nitrogens with one attached hydrogen (secondary N) is 2. The normalized spacial score (nSPS) is 26.4. The van der Waals surface area contributed by atoms with E-state index in [1.165, 1.54) is 159 Å². The summed E-state index contributed by atoms with van der Waals surface area (Å²) in [7, 11) is -0.202. The summed E-state index contributed by atoms with van der Waals surface area (Å²) in [5.41, 5.74) is 16.0. The molecule has 2 aromatic carbocycles. The van der Waals surface area contributed by atoms with Crippen molar-refractivity contribution in [3.63, 3.8) is 0 Å². The van der Waals surface area contributed by atoms with Gasteiger partial charge in [-0.1, -0.05) is 157 Å². The van der Waals surface area contributed by atoms with Crippen LogP contribution in [0.1, 0.15) is 187 Å². The molecule has 4 atom stereocenters. The minimum absolute atomic E-state index is 0. The van der Waals surface area contributed by atoms with Crippen LogP contribution in [0.3, 0.4) is 0 Å². The predicted molar refractivity (Wildman–Crippen MR) is 261 cm³/mol. The van der Waals surface area contributed by atoms with Crippen LogP contribution in [0.5, 0.6) is 0 Å². The molecule has 5 aliphatic rings. The second-order valence-electron chi connectivity index (χ2n) is 19.6. The molecule has 2 aromatic rings. The minimum Gasteiger partial charge on any atom is -0.367 e. The number of aryl methyl sites for hydroxylation is 6. The van der Waals surface area contributed by atoms with E-state index in [9.17, 15) is 0 Å². The average molecular weight is 957 g/mol. The molecule has 0 aromatic heterocycles. The summed E-state index contributed by atoms with van der Waals surface area (Å²) in [6, 6.07) is 10.2. The average Bonchev–Trinajstić information content (AvgIpc) is 3.62. The van der Waals surface area contributed by atoms with Gasteiger partial charge in [-0.2, -0.15) is 0 Å². The van der Waals surface area contributed by atoms with Crippen molar-refractivity contribution >= 4 is 36.7 Å². The second kappa shape index (κ2) is 21.5. The summed E-state index contributed by atoms with van der Waals surface area (Å²) in [5.74, 6) is 1.15. The van der Waals surface area contributed by atoms with Crippen LogP contribution in [0, 0.1) is 41.5 Å². The van der Waals surface area contributed by atoms with Gasteiger partial charge in [-0.25, -0.2) is 0 Å². The van der Waals surface area contributed by atoms with E-state index >= 15 is 0 Å². The Kier molecular flexibility index (Phi) is 17.3. The number of hydrogen-bond acceptors (Lipinski definition) is 2. The third kappa shape index (κ3) is 9.82. The molecule has 1 heterocycles. The molecule has 3 saturated carbocycles. The maximum absolute atomic E-state index is 8.73. The number of unbranched alkanes of at least 4 members (excludes halogenated alkanes) is 2. The first kappa shape index (κ1) is 48.1. The molecule has 0 spiro atoms. The number of allylic oxidation sites excluding steroid dienone is 7. The third-order valence-electron chi connectivity index (χ3n) is 15.1. The molecule has 6 heteroatoms. The molecule has 0 amide bonds. The molecule has 60 heavy (non-hydrogen) atoms. The molecule has 4 unspecified atom stereocenters. The Labute approximate surface area is 390 Å². The standard InChI is InChI=1S/C54H77Cl2N2P.Ru/c1-9-11-26-45-46(27-12-10-2)58-53(57-45)51-49(48-37(5)31-35(3)32-38(48)6)44(55)29-30-54(51,50-39(7)33-36(4)34-40(50)8)52(56)43-25-19-20-28-47(43)59(41-21-15-13-16-22-41)42-23-17-14-18-24-42;/h29-34,41-42,45-47,57-58H,9-28H2,1-8H3;. The van der Waals surface area contributed by atoms with E-state index in [1.807, 2.05) is 0 Å². The van der Waals surface area contributed by atoms with Gasteiger partial charge >= 0.3 is 0 Å². The van der Waals surface area contributed by atoms with Crippen molar-refractivity contribution in [1.82, 2.24) is 10.6 Å². The topological polar surface area (TPSA) is 24.1 Å². The Morgan fingerprint density at radius 1 is 0.683 bits per heavy atom. The van der Waals surface area contributed by atoms with Crippen molar-refractivity contribution in [3.8, 4) is 0 Å². The van der Waals surface area contributed by atoms with Crippen LogP contribution in [0.4, 0.5) is 0 Å². The van der Waals surface area contributed by atoms with E-state index in [2.05, 4.69) is 102 Å². The van der Waals surface area contributed by atoms with Gasteiger partial charge < -0.3 is 10.6 Å². The molecule has 7 rings (SSSR count). The zero-order valence-electron chi connectivity index (χ0n) is 38.5. The molecule has 330 valence electrons. The first-order valence-corrected chi connectivity index (χ1v) is 26.5. The largest absolute Gasteiger partial charge is 0.367 e. The molecule has 2 nitrogen and oxygen atoms in total. The quantitative estimate of drug-likeness (QED) is 0.164. The van der Waals surface area contributed by atoms with Crippen LogP contribution in [0.15, 0.2) is 63.4 Å². The van der Waals surface area contributed by atoms with Crippen molar-refractivity contribution in [2.75, 3.05) is 0 Å². The number of rotatable bonds is 12. The molecule has 2 N–H and O–H groups in total. The molecule has 4 fully saturated rings. The van der Waals surface area contributed by atoms with Crippen LogP contribution < -0.4 is 10.6 Å². The first-order valence-electron chi connectivity index (χ1n) is 24.2.